The van der Waals surface area contributed by atoms with E-state index in [-0.39, 0.29) is 16.8 Å². The van der Waals surface area contributed by atoms with Crippen LogP contribution in [0.4, 0.5) is 5.69 Å². The van der Waals surface area contributed by atoms with E-state index in [0.29, 0.717) is 12.8 Å². The van der Waals surface area contributed by atoms with Crippen LogP contribution in [-0.2, 0) is 4.79 Å². The van der Waals surface area contributed by atoms with Gasteiger partial charge < -0.3 is 22.5 Å². The molecular weight excluding hydrogens is 272 g/mol. The Morgan fingerprint density at radius 3 is 1.76 bits per heavy atom. The van der Waals surface area contributed by atoms with Crippen molar-refractivity contribution in [1.82, 2.24) is 0 Å². The monoisotopic (exact) mass is 292 g/mol. The summed E-state index contributed by atoms with van der Waals surface area (Å²) in [6, 6.07) is 4.02. The zero-order chi connectivity index (χ0) is 16.2. The van der Waals surface area contributed by atoms with Crippen LogP contribution < -0.4 is 22.5 Å². The molecule has 0 atom stereocenters. The Kier molecular flexibility index (Phi) is 5.04. The van der Waals surface area contributed by atoms with E-state index >= 15 is 0 Å². The Labute approximate surface area is 122 Å². The summed E-state index contributed by atoms with van der Waals surface area (Å²) in [5.41, 5.74) is 15.8. The SMILES string of the molecule is CCC(N)(CC)C(=O)Nc1cc(C(N)=O)cc(C(N)=O)c1. The molecule has 0 aromatic heterocycles. The van der Waals surface area contributed by atoms with Crippen LogP contribution >= 0.6 is 0 Å². The molecular formula is C14H20N4O3. The third-order valence-corrected chi connectivity index (χ3v) is 3.47. The lowest BCUT2D eigenvalue weighted by molar-refractivity contribution is -0.121. The molecule has 0 saturated carbocycles. The van der Waals surface area contributed by atoms with Crippen LogP contribution in [0.25, 0.3) is 0 Å². The Morgan fingerprint density at radius 1 is 1.00 bits per heavy atom. The average molecular weight is 292 g/mol. The molecule has 0 radical (unpaired) electrons. The maximum atomic E-state index is 12.2. The van der Waals surface area contributed by atoms with Crippen molar-refractivity contribution < 1.29 is 14.4 Å². The van der Waals surface area contributed by atoms with Crippen molar-refractivity contribution in [3.8, 4) is 0 Å². The number of nitrogens with two attached hydrogens (primary N) is 3. The van der Waals surface area contributed by atoms with E-state index in [2.05, 4.69) is 5.32 Å². The highest BCUT2D eigenvalue weighted by atomic mass is 16.2. The molecule has 1 aromatic carbocycles. The predicted molar refractivity (Wildman–Crippen MR) is 79.6 cm³/mol. The largest absolute Gasteiger partial charge is 0.366 e. The van der Waals surface area contributed by atoms with E-state index in [4.69, 9.17) is 17.2 Å². The Balaban J connectivity index is 3.16. The van der Waals surface area contributed by atoms with Crippen LogP contribution in [0, 0.1) is 0 Å². The number of amides is 3. The lowest BCUT2D eigenvalue weighted by Crippen LogP contribution is -2.50. The lowest BCUT2D eigenvalue weighted by atomic mass is 9.93. The maximum Gasteiger partial charge on any atom is 0.248 e. The summed E-state index contributed by atoms with van der Waals surface area (Å²) in [5, 5.41) is 2.60. The van der Waals surface area contributed by atoms with E-state index in [0.717, 1.165) is 0 Å². The van der Waals surface area contributed by atoms with Crippen molar-refractivity contribution in [2.45, 2.75) is 32.2 Å². The van der Waals surface area contributed by atoms with Gasteiger partial charge in [0.05, 0.1) is 5.54 Å². The lowest BCUT2D eigenvalue weighted by Gasteiger charge is -2.25. The van der Waals surface area contributed by atoms with Gasteiger partial charge in [0.1, 0.15) is 0 Å². The fourth-order valence-corrected chi connectivity index (χ4v) is 1.81. The predicted octanol–water partition coefficient (Wildman–Crippen LogP) is 0.340. The second kappa shape index (κ2) is 6.36. The van der Waals surface area contributed by atoms with Crippen LogP contribution in [0.5, 0.6) is 0 Å². The minimum absolute atomic E-state index is 0.0808. The number of carbonyl (C=O) groups is 3. The normalized spacial score (nSPS) is 11.0. The molecule has 7 N–H and O–H groups in total. The van der Waals surface area contributed by atoms with Gasteiger partial charge >= 0.3 is 0 Å². The average Bonchev–Trinajstić information content (AvgIpc) is 2.45. The van der Waals surface area contributed by atoms with E-state index in [1.165, 1.54) is 18.2 Å². The topological polar surface area (TPSA) is 141 Å². The molecule has 3 amide bonds. The van der Waals surface area contributed by atoms with Crippen molar-refractivity contribution in [2.24, 2.45) is 17.2 Å². The molecule has 1 rings (SSSR count). The molecule has 1 aromatic rings. The van der Waals surface area contributed by atoms with Gasteiger partial charge in [-0.2, -0.15) is 0 Å². The summed E-state index contributed by atoms with van der Waals surface area (Å²) < 4.78 is 0. The van der Waals surface area contributed by atoms with Crippen LogP contribution in [0.2, 0.25) is 0 Å². The summed E-state index contributed by atoms with van der Waals surface area (Å²) in [6.45, 7) is 3.61. The summed E-state index contributed by atoms with van der Waals surface area (Å²) in [4.78, 5) is 34.7. The minimum Gasteiger partial charge on any atom is -0.366 e. The third kappa shape index (κ3) is 3.79. The molecule has 7 heteroatoms. The quantitative estimate of drug-likeness (QED) is 0.599. The summed E-state index contributed by atoms with van der Waals surface area (Å²) in [7, 11) is 0. The number of primary amides is 2. The number of nitrogens with one attached hydrogen (secondary N) is 1. The van der Waals surface area contributed by atoms with Gasteiger partial charge in [0, 0.05) is 16.8 Å². The van der Waals surface area contributed by atoms with Crippen LogP contribution in [0.1, 0.15) is 47.4 Å². The summed E-state index contributed by atoms with van der Waals surface area (Å²) >= 11 is 0. The highest BCUT2D eigenvalue weighted by molar-refractivity contribution is 6.03. The zero-order valence-corrected chi connectivity index (χ0v) is 12.1. The molecule has 0 aliphatic rings. The molecule has 0 fully saturated rings. The van der Waals surface area contributed by atoms with Gasteiger partial charge in [-0.1, -0.05) is 13.8 Å². The van der Waals surface area contributed by atoms with E-state index in [1.807, 2.05) is 0 Å². The number of rotatable bonds is 6. The van der Waals surface area contributed by atoms with E-state index in [9.17, 15) is 14.4 Å². The first kappa shape index (κ1) is 16.6. The summed E-state index contributed by atoms with van der Waals surface area (Å²) in [6.07, 6.45) is 0.904. The second-order valence-corrected chi connectivity index (χ2v) is 4.84. The Morgan fingerprint density at radius 2 is 1.43 bits per heavy atom. The second-order valence-electron chi connectivity index (χ2n) is 4.84. The molecule has 0 bridgehead atoms. The molecule has 0 aliphatic heterocycles. The smallest absolute Gasteiger partial charge is 0.248 e. The van der Waals surface area contributed by atoms with Crippen LogP contribution in [0.15, 0.2) is 18.2 Å². The van der Waals surface area contributed by atoms with Gasteiger partial charge in [0.2, 0.25) is 17.7 Å². The number of carbonyl (C=O) groups excluding carboxylic acids is 3. The molecule has 21 heavy (non-hydrogen) atoms. The van der Waals surface area contributed by atoms with Crippen molar-refractivity contribution in [1.29, 1.82) is 0 Å². The number of benzene rings is 1. The van der Waals surface area contributed by atoms with Gasteiger partial charge in [0.25, 0.3) is 0 Å². The van der Waals surface area contributed by atoms with Crippen molar-refractivity contribution in [3.05, 3.63) is 29.3 Å². The first-order valence-electron chi connectivity index (χ1n) is 6.58. The number of anilines is 1. The minimum atomic E-state index is -1.02. The zero-order valence-electron chi connectivity index (χ0n) is 12.1. The van der Waals surface area contributed by atoms with Gasteiger partial charge in [-0.05, 0) is 31.0 Å². The third-order valence-electron chi connectivity index (χ3n) is 3.47. The molecule has 0 heterocycles. The number of hydrogen-bond donors (Lipinski definition) is 4. The van der Waals surface area contributed by atoms with Crippen LogP contribution in [0.3, 0.4) is 0 Å². The van der Waals surface area contributed by atoms with Crippen molar-refractivity contribution >= 4 is 23.4 Å². The van der Waals surface area contributed by atoms with Gasteiger partial charge in [-0.3, -0.25) is 14.4 Å². The maximum absolute atomic E-state index is 12.2. The molecule has 0 unspecified atom stereocenters. The fraction of sp³-hybridized carbons (Fsp3) is 0.357. The molecule has 0 aliphatic carbocycles. The van der Waals surface area contributed by atoms with Gasteiger partial charge in [0.15, 0.2) is 0 Å². The van der Waals surface area contributed by atoms with Gasteiger partial charge in [-0.15, -0.1) is 0 Å². The molecule has 0 spiro atoms. The van der Waals surface area contributed by atoms with E-state index < -0.39 is 23.3 Å². The molecule has 0 saturated heterocycles. The highest BCUT2D eigenvalue weighted by Crippen LogP contribution is 2.18. The van der Waals surface area contributed by atoms with E-state index in [1.54, 1.807) is 13.8 Å². The molecule has 7 nitrogen and oxygen atoms in total. The van der Waals surface area contributed by atoms with Crippen LogP contribution in [-0.4, -0.2) is 23.3 Å². The fourth-order valence-electron chi connectivity index (χ4n) is 1.81. The molecule has 114 valence electrons. The number of hydrogen-bond acceptors (Lipinski definition) is 4. The van der Waals surface area contributed by atoms with Crippen molar-refractivity contribution in [2.75, 3.05) is 5.32 Å². The summed E-state index contributed by atoms with van der Waals surface area (Å²) in [5.74, 6) is -1.85. The first-order chi connectivity index (χ1) is 9.73. The van der Waals surface area contributed by atoms with Crippen molar-refractivity contribution in [3.63, 3.8) is 0 Å². The Hall–Kier alpha value is -2.41. The highest BCUT2D eigenvalue weighted by Gasteiger charge is 2.30. The standard InChI is InChI=1S/C14H20N4O3/c1-3-14(17,4-2)13(21)18-10-6-8(11(15)19)5-9(7-10)12(16)20/h5-7H,3-4,17H2,1-2H3,(H2,15,19)(H2,16,20)(H,18,21). The van der Waals surface area contributed by atoms with Gasteiger partial charge in [-0.25, -0.2) is 0 Å². The Bertz CT molecular complexity index is 547. The first-order valence-corrected chi connectivity index (χ1v) is 6.58.